The maximum absolute atomic E-state index is 13.5. The number of amides is 1. The summed E-state index contributed by atoms with van der Waals surface area (Å²) < 4.78 is 28.2. The van der Waals surface area contributed by atoms with Gasteiger partial charge in [-0.2, -0.15) is 5.10 Å². The van der Waals surface area contributed by atoms with Crippen LogP contribution in [0.4, 0.5) is 14.6 Å². The third-order valence-corrected chi connectivity index (χ3v) is 4.69. The van der Waals surface area contributed by atoms with Crippen molar-refractivity contribution in [3.05, 3.63) is 46.7 Å². The molecule has 1 aliphatic rings. The number of rotatable bonds is 1. The van der Waals surface area contributed by atoms with Crippen molar-refractivity contribution in [1.82, 2.24) is 9.78 Å². The zero-order chi connectivity index (χ0) is 15.1. The van der Waals surface area contributed by atoms with Crippen LogP contribution in [0.3, 0.4) is 0 Å². The average molecular weight is 309 g/mol. The summed E-state index contributed by atoms with van der Waals surface area (Å²) in [6.45, 7) is 1.84. The molecule has 1 aromatic carbocycles. The van der Waals surface area contributed by atoms with Gasteiger partial charge in [-0.1, -0.05) is 6.07 Å². The van der Waals surface area contributed by atoms with Gasteiger partial charge >= 0.3 is 0 Å². The average Bonchev–Trinajstić information content (AvgIpc) is 2.61. The minimum atomic E-state index is -0.889. The number of hydrogen-bond acceptors (Lipinski definition) is 3. The molecule has 2 aromatic rings. The first-order valence-electron chi connectivity index (χ1n) is 6.37. The zero-order valence-electron chi connectivity index (χ0n) is 11.5. The molecule has 7 heteroatoms. The molecule has 0 saturated carbocycles. The summed E-state index contributed by atoms with van der Waals surface area (Å²) in [7, 11) is 1.74. The van der Waals surface area contributed by atoms with Crippen LogP contribution in [0.1, 0.15) is 22.1 Å². The summed E-state index contributed by atoms with van der Waals surface area (Å²) in [5.41, 5.74) is 2.21. The Balaban J connectivity index is 2.14. The Morgan fingerprint density at radius 2 is 2.14 bits per heavy atom. The Morgan fingerprint density at radius 3 is 2.86 bits per heavy atom. The Hall–Kier alpha value is -1.89. The molecule has 0 radical (unpaired) electrons. The van der Waals surface area contributed by atoms with Crippen molar-refractivity contribution in [2.24, 2.45) is 7.05 Å². The van der Waals surface area contributed by atoms with Crippen molar-refractivity contribution in [2.45, 2.75) is 12.2 Å². The second-order valence-corrected chi connectivity index (χ2v) is 5.98. The maximum Gasteiger partial charge on any atom is 0.235 e. The van der Waals surface area contributed by atoms with Crippen molar-refractivity contribution >= 4 is 23.5 Å². The van der Waals surface area contributed by atoms with Crippen LogP contribution < -0.4 is 5.32 Å². The van der Waals surface area contributed by atoms with Gasteiger partial charge in [-0.25, -0.2) is 8.78 Å². The summed E-state index contributed by atoms with van der Waals surface area (Å²) in [6.07, 6.45) is 0. The van der Waals surface area contributed by atoms with E-state index in [-0.39, 0.29) is 16.9 Å². The van der Waals surface area contributed by atoms with Crippen LogP contribution in [0, 0.1) is 18.6 Å². The third kappa shape index (κ3) is 2.42. The summed E-state index contributed by atoms with van der Waals surface area (Å²) in [5.74, 6) is -1.04. The fourth-order valence-electron chi connectivity index (χ4n) is 2.49. The number of halogens is 2. The highest BCUT2D eigenvalue weighted by molar-refractivity contribution is 8.00. The van der Waals surface area contributed by atoms with Crippen LogP contribution in [-0.2, 0) is 11.8 Å². The van der Waals surface area contributed by atoms with E-state index in [1.807, 2.05) is 6.92 Å². The summed E-state index contributed by atoms with van der Waals surface area (Å²) in [6, 6.07) is 3.83. The molecule has 0 aliphatic carbocycles. The molecule has 0 saturated heterocycles. The highest BCUT2D eigenvalue weighted by Crippen LogP contribution is 2.43. The number of carbonyl (C=O) groups is 1. The van der Waals surface area contributed by atoms with Gasteiger partial charge in [0.25, 0.3) is 0 Å². The van der Waals surface area contributed by atoms with E-state index in [4.69, 9.17) is 0 Å². The number of fused-ring (bicyclic) bond motifs is 1. The van der Waals surface area contributed by atoms with Crippen molar-refractivity contribution < 1.29 is 13.6 Å². The molecule has 21 heavy (non-hydrogen) atoms. The Morgan fingerprint density at radius 1 is 1.38 bits per heavy atom. The lowest BCUT2D eigenvalue weighted by Gasteiger charge is -2.15. The zero-order valence-corrected chi connectivity index (χ0v) is 12.3. The molecular weight excluding hydrogens is 296 g/mol. The van der Waals surface area contributed by atoms with Crippen LogP contribution >= 0.6 is 11.8 Å². The molecule has 1 atom stereocenters. The number of aromatic nitrogens is 2. The molecule has 1 aromatic heterocycles. The fraction of sp³-hybridized carbons (Fsp3) is 0.286. The fourth-order valence-corrected chi connectivity index (χ4v) is 3.66. The van der Waals surface area contributed by atoms with E-state index < -0.39 is 11.6 Å². The molecule has 0 unspecified atom stereocenters. The molecule has 1 N–H and O–H groups in total. The number of aryl methyl sites for hydroxylation is 2. The smallest absolute Gasteiger partial charge is 0.235 e. The lowest BCUT2D eigenvalue weighted by Crippen LogP contribution is -2.15. The van der Waals surface area contributed by atoms with Crippen molar-refractivity contribution in [3.63, 3.8) is 0 Å². The number of nitrogens with one attached hydrogen (secondary N) is 1. The van der Waals surface area contributed by atoms with Gasteiger partial charge < -0.3 is 5.32 Å². The number of nitrogens with zero attached hydrogens (tertiary/aromatic N) is 2. The minimum Gasteiger partial charge on any atom is -0.310 e. The van der Waals surface area contributed by atoms with E-state index in [0.29, 0.717) is 11.4 Å². The van der Waals surface area contributed by atoms with Crippen molar-refractivity contribution in [2.75, 3.05) is 11.1 Å². The van der Waals surface area contributed by atoms with Gasteiger partial charge in [0, 0.05) is 12.6 Å². The highest BCUT2D eigenvalue weighted by Gasteiger charge is 2.29. The molecule has 1 aliphatic heterocycles. The van der Waals surface area contributed by atoms with Gasteiger partial charge in [0.2, 0.25) is 5.91 Å². The van der Waals surface area contributed by atoms with Crippen LogP contribution in [0.15, 0.2) is 18.2 Å². The Kier molecular flexibility index (Phi) is 3.44. The number of anilines is 1. The molecule has 1 amide bonds. The predicted octanol–water partition coefficient (Wildman–Crippen LogP) is 2.78. The van der Waals surface area contributed by atoms with Gasteiger partial charge in [0.05, 0.1) is 16.7 Å². The molecule has 110 valence electrons. The Bertz CT molecular complexity index is 729. The normalized spacial score (nSPS) is 18.1. The molecular formula is C14H13F2N3OS. The number of thioether (sulfide) groups is 1. The monoisotopic (exact) mass is 309 g/mol. The first kappa shape index (κ1) is 14.1. The van der Waals surface area contributed by atoms with Gasteiger partial charge in [0.1, 0.15) is 5.82 Å². The van der Waals surface area contributed by atoms with Gasteiger partial charge in [-0.3, -0.25) is 9.48 Å². The molecule has 0 spiro atoms. The number of carbonyl (C=O) groups excluding carboxylic acids is 1. The van der Waals surface area contributed by atoms with Crippen molar-refractivity contribution in [1.29, 1.82) is 0 Å². The molecule has 4 nitrogen and oxygen atoms in total. The standard InChI is InChI=1S/C14H13F2N3OS/c1-7-12-13(8-3-4-9(15)10(16)5-8)21-6-11(20)17-14(12)19(2)18-7/h3-5,13H,6H2,1-2H3,(H,17,20)/t13-/m1/s1. The quantitative estimate of drug-likeness (QED) is 0.881. The van der Waals surface area contributed by atoms with Gasteiger partial charge in [-0.05, 0) is 24.6 Å². The van der Waals surface area contributed by atoms with E-state index in [2.05, 4.69) is 10.4 Å². The SMILES string of the molecule is Cc1nn(C)c2c1[C@@H](c1ccc(F)c(F)c1)SCC(=O)N2. The molecule has 2 heterocycles. The first-order chi connectivity index (χ1) is 9.97. The molecule has 0 fully saturated rings. The molecule has 0 bridgehead atoms. The number of benzene rings is 1. The van der Waals surface area contributed by atoms with Crippen LogP contribution in [0.25, 0.3) is 0 Å². The van der Waals surface area contributed by atoms with E-state index in [9.17, 15) is 13.6 Å². The van der Waals surface area contributed by atoms with Crippen LogP contribution in [0.5, 0.6) is 0 Å². The predicted molar refractivity (Wildman–Crippen MR) is 77.2 cm³/mol. The van der Waals surface area contributed by atoms with Crippen LogP contribution in [-0.4, -0.2) is 21.4 Å². The van der Waals surface area contributed by atoms with E-state index >= 15 is 0 Å². The van der Waals surface area contributed by atoms with E-state index in [1.54, 1.807) is 17.8 Å². The lowest BCUT2D eigenvalue weighted by molar-refractivity contribution is -0.113. The van der Waals surface area contributed by atoms with E-state index in [1.165, 1.54) is 17.8 Å². The summed E-state index contributed by atoms with van der Waals surface area (Å²) in [4.78, 5) is 11.8. The van der Waals surface area contributed by atoms with E-state index in [0.717, 1.165) is 17.3 Å². The molecule has 3 rings (SSSR count). The third-order valence-electron chi connectivity index (χ3n) is 3.42. The summed E-state index contributed by atoms with van der Waals surface area (Å²) >= 11 is 1.38. The number of hydrogen-bond donors (Lipinski definition) is 1. The minimum absolute atomic E-state index is 0.130. The second-order valence-electron chi connectivity index (χ2n) is 4.88. The summed E-state index contributed by atoms with van der Waals surface area (Å²) in [5, 5.41) is 6.85. The lowest BCUT2D eigenvalue weighted by atomic mass is 10.0. The first-order valence-corrected chi connectivity index (χ1v) is 7.42. The largest absolute Gasteiger partial charge is 0.310 e. The maximum atomic E-state index is 13.5. The van der Waals surface area contributed by atoms with Crippen LogP contribution in [0.2, 0.25) is 0 Å². The topological polar surface area (TPSA) is 46.9 Å². The van der Waals surface area contributed by atoms with Gasteiger partial charge in [-0.15, -0.1) is 11.8 Å². The highest BCUT2D eigenvalue weighted by atomic mass is 32.2. The Labute approximate surface area is 124 Å². The van der Waals surface area contributed by atoms with Gasteiger partial charge in [0.15, 0.2) is 11.6 Å². The van der Waals surface area contributed by atoms with Crippen molar-refractivity contribution in [3.8, 4) is 0 Å². The second kappa shape index (κ2) is 5.14.